The Hall–Kier alpha value is -3.29. The fourth-order valence-electron chi connectivity index (χ4n) is 2.66. The van der Waals surface area contributed by atoms with Crippen LogP contribution in [-0.4, -0.2) is 35.9 Å². The number of aromatic nitrogens is 6. The van der Waals surface area contributed by atoms with Gasteiger partial charge in [-0.2, -0.15) is 9.61 Å². The summed E-state index contributed by atoms with van der Waals surface area (Å²) in [6.45, 7) is 1.54. The highest BCUT2D eigenvalue weighted by molar-refractivity contribution is 5.66. The van der Waals surface area contributed by atoms with E-state index in [4.69, 9.17) is 0 Å². The van der Waals surface area contributed by atoms with Gasteiger partial charge in [-0.15, -0.1) is 10.2 Å². The second-order valence-corrected chi connectivity index (χ2v) is 5.59. The summed E-state index contributed by atoms with van der Waals surface area (Å²) >= 11 is 0. The first-order valence-electron chi connectivity index (χ1n) is 7.97. The first-order chi connectivity index (χ1) is 12.3. The van der Waals surface area contributed by atoms with Gasteiger partial charge in [0.2, 0.25) is 0 Å². The van der Waals surface area contributed by atoms with Crippen molar-refractivity contribution in [1.82, 2.24) is 29.4 Å². The van der Waals surface area contributed by atoms with Crippen molar-refractivity contribution >= 4 is 11.5 Å². The van der Waals surface area contributed by atoms with Crippen LogP contribution >= 0.6 is 0 Å². The summed E-state index contributed by atoms with van der Waals surface area (Å²) in [5.74, 6) is 0.481. The number of nitrogens with one attached hydrogen (secondary N) is 1. The number of hydrogen-bond donors (Lipinski definition) is 1. The quantitative estimate of drug-likeness (QED) is 0.548. The van der Waals surface area contributed by atoms with Crippen LogP contribution in [0.3, 0.4) is 0 Å². The molecule has 0 saturated heterocycles. The summed E-state index contributed by atoms with van der Waals surface area (Å²) in [4.78, 5) is 4.50. The van der Waals surface area contributed by atoms with E-state index in [0.717, 1.165) is 25.3 Å². The Morgan fingerprint density at radius 1 is 1.08 bits per heavy atom. The van der Waals surface area contributed by atoms with E-state index in [1.54, 1.807) is 47.6 Å². The maximum Gasteiger partial charge on any atom is 0.157 e. The third kappa shape index (κ3) is 3.18. The minimum atomic E-state index is -0.294. The van der Waals surface area contributed by atoms with E-state index in [9.17, 15) is 4.39 Å². The van der Waals surface area contributed by atoms with Crippen molar-refractivity contribution in [2.45, 2.75) is 13.0 Å². The van der Waals surface area contributed by atoms with Crippen LogP contribution in [-0.2, 0) is 6.54 Å². The second kappa shape index (κ2) is 6.68. The Morgan fingerprint density at radius 3 is 2.76 bits per heavy atom. The number of rotatable bonds is 6. The summed E-state index contributed by atoms with van der Waals surface area (Å²) < 4.78 is 17.7. The maximum absolute atomic E-state index is 14.1. The van der Waals surface area contributed by atoms with Crippen LogP contribution in [0.4, 0.5) is 10.2 Å². The van der Waals surface area contributed by atoms with Crippen molar-refractivity contribution < 1.29 is 4.39 Å². The average Bonchev–Trinajstić information content (AvgIpc) is 3.30. The fraction of sp³-hybridized carbons (Fsp3) is 0.176. The number of aryl methyl sites for hydroxylation is 1. The number of nitrogens with zero attached hydrogens (tertiary/aromatic N) is 6. The molecule has 3 aromatic heterocycles. The third-order valence-corrected chi connectivity index (χ3v) is 3.87. The van der Waals surface area contributed by atoms with Gasteiger partial charge in [-0.25, -0.2) is 9.37 Å². The molecule has 0 saturated carbocycles. The molecule has 4 rings (SSSR count). The third-order valence-electron chi connectivity index (χ3n) is 3.87. The van der Waals surface area contributed by atoms with Crippen molar-refractivity contribution in [3.63, 3.8) is 0 Å². The standard InChI is InChI=1S/C17H16FN7/c18-14-5-2-1-4-13(14)15-10-17(25-16(23-15)6-8-22-25)19-7-3-9-24-11-20-21-12-24/h1-2,4-6,8,10-12,19H,3,7,9H2. The van der Waals surface area contributed by atoms with Gasteiger partial charge in [-0.05, 0) is 18.6 Å². The lowest BCUT2D eigenvalue weighted by molar-refractivity contribution is 0.630. The molecule has 0 aliphatic heterocycles. The van der Waals surface area contributed by atoms with E-state index in [1.165, 1.54) is 6.07 Å². The van der Waals surface area contributed by atoms with Gasteiger partial charge in [-0.1, -0.05) is 12.1 Å². The largest absolute Gasteiger partial charge is 0.370 e. The van der Waals surface area contributed by atoms with Crippen LogP contribution < -0.4 is 5.32 Å². The molecule has 0 atom stereocenters. The Balaban J connectivity index is 1.57. The number of anilines is 1. The molecule has 0 unspecified atom stereocenters. The van der Waals surface area contributed by atoms with Crippen LogP contribution in [0.1, 0.15) is 6.42 Å². The van der Waals surface area contributed by atoms with Gasteiger partial charge >= 0.3 is 0 Å². The van der Waals surface area contributed by atoms with E-state index in [2.05, 4.69) is 25.6 Å². The number of halogens is 1. The molecule has 0 fully saturated rings. The molecule has 0 amide bonds. The van der Waals surface area contributed by atoms with Gasteiger partial charge in [-0.3, -0.25) is 0 Å². The zero-order valence-electron chi connectivity index (χ0n) is 13.4. The Labute approximate surface area is 143 Å². The molecule has 3 heterocycles. The fourth-order valence-corrected chi connectivity index (χ4v) is 2.66. The minimum absolute atomic E-state index is 0.294. The molecule has 0 spiro atoms. The van der Waals surface area contributed by atoms with Gasteiger partial charge in [0.1, 0.15) is 24.3 Å². The van der Waals surface area contributed by atoms with Crippen LogP contribution in [0.5, 0.6) is 0 Å². The highest BCUT2D eigenvalue weighted by atomic mass is 19.1. The van der Waals surface area contributed by atoms with Crippen molar-refractivity contribution in [2.75, 3.05) is 11.9 Å². The van der Waals surface area contributed by atoms with Crippen LogP contribution in [0.15, 0.2) is 55.2 Å². The van der Waals surface area contributed by atoms with Crippen LogP contribution in [0.25, 0.3) is 16.9 Å². The topological polar surface area (TPSA) is 72.9 Å². The molecular weight excluding hydrogens is 321 g/mol. The average molecular weight is 337 g/mol. The summed E-state index contributed by atoms with van der Waals surface area (Å²) in [6.07, 6.45) is 5.94. The molecule has 25 heavy (non-hydrogen) atoms. The molecule has 1 aromatic carbocycles. The molecule has 7 nitrogen and oxygen atoms in total. The number of fused-ring (bicyclic) bond motifs is 1. The molecule has 0 aliphatic rings. The smallest absolute Gasteiger partial charge is 0.157 e. The lowest BCUT2D eigenvalue weighted by atomic mass is 10.1. The molecule has 126 valence electrons. The van der Waals surface area contributed by atoms with Gasteiger partial charge in [0.25, 0.3) is 0 Å². The molecule has 1 N–H and O–H groups in total. The van der Waals surface area contributed by atoms with Gasteiger partial charge < -0.3 is 9.88 Å². The van der Waals surface area contributed by atoms with E-state index < -0.39 is 0 Å². The van der Waals surface area contributed by atoms with Gasteiger partial charge in [0.05, 0.1) is 11.9 Å². The summed E-state index contributed by atoms with van der Waals surface area (Å²) in [6, 6.07) is 10.2. The molecule has 8 heteroatoms. The lowest BCUT2D eigenvalue weighted by Gasteiger charge is -2.11. The predicted octanol–water partition coefficient (Wildman–Crippen LogP) is 2.63. The molecule has 0 bridgehead atoms. The zero-order valence-corrected chi connectivity index (χ0v) is 13.4. The normalized spacial score (nSPS) is 11.1. The molecule has 0 radical (unpaired) electrons. The summed E-state index contributed by atoms with van der Waals surface area (Å²) in [5.41, 5.74) is 1.72. The second-order valence-electron chi connectivity index (χ2n) is 5.59. The van der Waals surface area contributed by atoms with E-state index in [0.29, 0.717) is 16.9 Å². The predicted molar refractivity (Wildman–Crippen MR) is 91.5 cm³/mol. The van der Waals surface area contributed by atoms with E-state index >= 15 is 0 Å². The maximum atomic E-state index is 14.1. The Morgan fingerprint density at radius 2 is 1.92 bits per heavy atom. The highest BCUT2D eigenvalue weighted by Crippen LogP contribution is 2.24. The summed E-state index contributed by atoms with van der Waals surface area (Å²) in [5, 5.41) is 15.2. The SMILES string of the molecule is Fc1ccccc1-c1cc(NCCCn2cnnc2)n2nccc2n1. The molecule has 4 aromatic rings. The Kier molecular flexibility index (Phi) is 4.07. The highest BCUT2D eigenvalue weighted by Gasteiger charge is 2.11. The Bertz CT molecular complexity index is 978. The first-order valence-corrected chi connectivity index (χ1v) is 7.97. The van der Waals surface area contributed by atoms with Gasteiger partial charge in [0.15, 0.2) is 5.65 Å². The van der Waals surface area contributed by atoms with Crippen LogP contribution in [0.2, 0.25) is 0 Å². The zero-order chi connectivity index (χ0) is 17.1. The van der Waals surface area contributed by atoms with E-state index in [1.807, 2.05) is 10.6 Å². The van der Waals surface area contributed by atoms with Gasteiger partial charge in [0, 0.05) is 30.8 Å². The van der Waals surface area contributed by atoms with Crippen LogP contribution in [0, 0.1) is 5.82 Å². The first kappa shape index (κ1) is 15.3. The molecule has 0 aliphatic carbocycles. The van der Waals surface area contributed by atoms with Crippen molar-refractivity contribution in [3.05, 3.63) is 61.1 Å². The monoisotopic (exact) mass is 337 g/mol. The minimum Gasteiger partial charge on any atom is -0.370 e. The number of benzene rings is 1. The number of hydrogen-bond acceptors (Lipinski definition) is 5. The van der Waals surface area contributed by atoms with E-state index in [-0.39, 0.29) is 5.82 Å². The molecular formula is C17H16FN7. The van der Waals surface area contributed by atoms with Crippen molar-refractivity contribution in [2.24, 2.45) is 0 Å². The van der Waals surface area contributed by atoms with Crippen molar-refractivity contribution in [3.8, 4) is 11.3 Å². The lowest BCUT2D eigenvalue weighted by Crippen LogP contribution is -2.10. The van der Waals surface area contributed by atoms with Crippen molar-refractivity contribution in [1.29, 1.82) is 0 Å². The summed E-state index contributed by atoms with van der Waals surface area (Å²) in [7, 11) is 0.